The van der Waals surface area contributed by atoms with Gasteiger partial charge in [-0.05, 0) is 67.6 Å². The average molecular weight is 935 g/mol. The van der Waals surface area contributed by atoms with Crippen LogP contribution in [0.1, 0.15) is 22.8 Å². The quantitative estimate of drug-likeness (QED) is 0.0280. The molecule has 56 heavy (non-hydrogen) atoms. The molecule has 0 aliphatic carbocycles. The molecular formula is C31H20Cl2K3N7O10S3. The normalized spacial score (nSPS) is 10.9. The number of azo groups is 1. The first-order valence-electron chi connectivity index (χ1n) is 14.5. The van der Waals surface area contributed by atoms with Gasteiger partial charge in [0.15, 0.2) is 5.82 Å². The van der Waals surface area contributed by atoms with Crippen LogP contribution >= 0.6 is 47.3 Å². The Kier molecular flexibility index (Phi) is 23.7. The van der Waals surface area contributed by atoms with Crippen molar-refractivity contribution in [2.24, 2.45) is 10.2 Å². The van der Waals surface area contributed by atoms with Gasteiger partial charge in [-0.25, -0.2) is 13.1 Å². The maximum absolute atomic E-state index is 13.7. The summed E-state index contributed by atoms with van der Waals surface area (Å²) in [6, 6.07) is 21.8. The van der Waals surface area contributed by atoms with E-state index in [-0.39, 0.29) is 215 Å². The molecule has 4 aromatic carbocycles. The van der Waals surface area contributed by atoms with Gasteiger partial charge >= 0.3 is 154 Å². The van der Waals surface area contributed by atoms with Gasteiger partial charge in [-0.15, -0.1) is 10.2 Å². The van der Waals surface area contributed by atoms with Crippen molar-refractivity contribution in [1.82, 2.24) is 9.78 Å². The van der Waals surface area contributed by atoms with E-state index in [0.717, 1.165) is 28.6 Å². The van der Waals surface area contributed by atoms with Gasteiger partial charge in [0.25, 0.3) is 5.91 Å². The van der Waals surface area contributed by atoms with Gasteiger partial charge in [-0.3, -0.25) is 14.9 Å². The van der Waals surface area contributed by atoms with Crippen molar-refractivity contribution in [3.05, 3.63) is 106 Å². The molecule has 1 amide bonds. The number of aromatic nitrogens is 2. The first-order valence-corrected chi connectivity index (χ1v) is 18.2. The summed E-state index contributed by atoms with van der Waals surface area (Å²) in [5.74, 6) is -0.991. The number of halogens is 2. The van der Waals surface area contributed by atoms with E-state index in [1.54, 1.807) is 12.1 Å². The molecule has 0 fully saturated rings. The minimum absolute atomic E-state index is 0. The Labute approximate surface area is 465 Å². The fraction of sp³-hybridized carbons (Fsp3) is 0.0645. The van der Waals surface area contributed by atoms with Gasteiger partial charge in [0, 0.05) is 33.3 Å². The van der Waals surface area contributed by atoms with Crippen molar-refractivity contribution in [2.45, 2.75) is 21.6 Å². The molecule has 0 aliphatic heterocycles. The minimum Gasteiger partial charge on any atom is -0.744 e. The van der Waals surface area contributed by atoms with Crippen molar-refractivity contribution in [1.29, 1.82) is 5.26 Å². The second-order valence-electron chi connectivity index (χ2n) is 10.2. The number of nitrogens with zero attached hydrogens (tertiary/aromatic N) is 6. The number of hydrogen-bond donors (Lipinski definition) is 1. The maximum Gasteiger partial charge on any atom is 1.00 e. The van der Waals surface area contributed by atoms with Gasteiger partial charge in [0.05, 0.1) is 50.9 Å². The standard InChI is InChI=1S/C31H23Cl2N7O10S3.3K/c1-2-39(20-6-4-3-5-7-20)21-8-9-27(28(12-21)36-31(41)18-10-22(51-49-47-42)13-24(11-18)53(44,45)46)37-38-30-19(16-34)17-35-40(30)29-25(32)14-23(15-26(29)33)52-50-48-43;;;/h3-15,17,42-43H,2H2,1H3,(H,36,41)(H,44,45,46);;;/q;3*+1/p-3. The number of nitriles is 1. The van der Waals surface area contributed by atoms with Crippen molar-refractivity contribution < 1.29 is 201 Å². The second-order valence-corrected chi connectivity index (χ2v) is 13.9. The van der Waals surface area contributed by atoms with Crippen LogP contribution in [0.3, 0.4) is 0 Å². The van der Waals surface area contributed by atoms with Gasteiger partial charge in [0.2, 0.25) is 0 Å². The summed E-state index contributed by atoms with van der Waals surface area (Å²) in [7, 11) is -5.06. The number of amides is 1. The van der Waals surface area contributed by atoms with E-state index in [4.69, 9.17) is 23.2 Å². The van der Waals surface area contributed by atoms with Gasteiger partial charge in [0.1, 0.15) is 33.1 Å². The molecule has 0 spiro atoms. The van der Waals surface area contributed by atoms with Crippen LogP contribution in [0.5, 0.6) is 0 Å². The monoisotopic (exact) mass is 933 g/mol. The van der Waals surface area contributed by atoms with Crippen LogP contribution < -0.4 is 175 Å². The average Bonchev–Trinajstić information content (AvgIpc) is 3.54. The number of anilines is 3. The zero-order chi connectivity index (χ0) is 38.1. The SMILES string of the molecule is CCN(c1ccccc1)c1ccc(N=Nc2c(C#N)cnn2-c2c(Cl)cc(SOO[O-])cc2Cl)c(NC(=O)c2cc(SOO[O-])cc(S(=O)(=O)[O-])c2)c1.[K+].[K+].[K+]. The molecule has 0 saturated carbocycles. The molecule has 0 aliphatic rings. The Morgan fingerprint density at radius 1 is 0.929 bits per heavy atom. The molecule has 5 aromatic rings. The van der Waals surface area contributed by atoms with Crippen LogP contribution in [-0.4, -0.2) is 35.2 Å². The van der Waals surface area contributed by atoms with E-state index < -0.39 is 20.9 Å². The van der Waals surface area contributed by atoms with E-state index >= 15 is 0 Å². The fourth-order valence-electron chi connectivity index (χ4n) is 4.77. The summed E-state index contributed by atoms with van der Waals surface area (Å²) in [5, 5.41) is 52.7. The van der Waals surface area contributed by atoms with Crippen LogP contribution in [0.25, 0.3) is 5.69 Å². The van der Waals surface area contributed by atoms with Crippen molar-refractivity contribution in [3.8, 4) is 11.8 Å². The Hall–Kier alpha value is 0.309. The number of benzene rings is 4. The molecule has 5 rings (SSSR count). The molecule has 1 N–H and O–H groups in total. The first-order chi connectivity index (χ1) is 25.5. The number of nitrogens with one attached hydrogen (secondary N) is 1. The maximum atomic E-state index is 13.7. The predicted molar refractivity (Wildman–Crippen MR) is 186 cm³/mol. The predicted octanol–water partition coefficient (Wildman–Crippen LogP) is -2.75. The molecule has 1 aromatic heterocycles. The molecule has 0 atom stereocenters. The van der Waals surface area contributed by atoms with E-state index in [2.05, 4.69) is 39.4 Å². The zero-order valence-electron chi connectivity index (χ0n) is 29.5. The van der Waals surface area contributed by atoms with Gasteiger partial charge in [-0.1, -0.05) is 41.4 Å². The summed E-state index contributed by atoms with van der Waals surface area (Å²) < 4.78 is 45.4. The third-order valence-corrected chi connectivity index (χ3v) is 9.48. The first kappa shape index (κ1) is 52.4. The van der Waals surface area contributed by atoms with Crippen LogP contribution in [0, 0.1) is 11.3 Å². The van der Waals surface area contributed by atoms with Crippen molar-refractivity contribution in [3.63, 3.8) is 0 Å². The van der Waals surface area contributed by atoms with Crippen LogP contribution in [0.15, 0.2) is 110 Å². The summed E-state index contributed by atoms with van der Waals surface area (Å²) in [6.07, 6.45) is 1.21. The number of para-hydroxylation sites is 1. The molecule has 0 unspecified atom stereocenters. The summed E-state index contributed by atoms with van der Waals surface area (Å²) in [4.78, 5) is 15.0. The Morgan fingerprint density at radius 2 is 1.55 bits per heavy atom. The molecule has 1 heterocycles. The number of carbonyl (C=O) groups is 1. The molecule has 274 valence electrons. The van der Waals surface area contributed by atoms with Crippen LogP contribution in [0.2, 0.25) is 10.0 Å². The number of carbonyl (C=O) groups excluding carboxylic acids is 1. The number of hydrogen-bond acceptors (Lipinski definition) is 17. The Bertz CT molecular complexity index is 2300. The van der Waals surface area contributed by atoms with Gasteiger partial charge < -0.3 is 25.3 Å². The van der Waals surface area contributed by atoms with Crippen LogP contribution in [-0.2, 0) is 28.9 Å². The third-order valence-electron chi connectivity index (χ3n) is 6.99. The number of rotatable bonds is 15. The minimum atomic E-state index is -5.06. The topological polar surface area (TPSA) is 239 Å². The molecule has 0 saturated heterocycles. The largest absolute Gasteiger partial charge is 1.00 e. The van der Waals surface area contributed by atoms with E-state index in [9.17, 15) is 33.5 Å². The Balaban J connectivity index is 0.00000361. The van der Waals surface area contributed by atoms with Crippen LogP contribution in [0.4, 0.5) is 28.6 Å². The molecule has 0 bridgehead atoms. The third kappa shape index (κ3) is 13.9. The van der Waals surface area contributed by atoms with Crippen molar-refractivity contribution in [2.75, 3.05) is 16.8 Å². The van der Waals surface area contributed by atoms with E-state index in [1.807, 2.05) is 48.2 Å². The zero-order valence-corrected chi connectivity index (χ0v) is 42.9. The molecular weight excluding hydrogens is 915 g/mol. The summed E-state index contributed by atoms with van der Waals surface area (Å²) in [6.45, 7) is 2.42. The second kappa shape index (κ2) is 25.3. The molecule has 17 nitrogen and oxygen atoms in total. The fourth-order valence-corrected chi connectivity index (χ4v) is 7.06. The van der Waals surface area contributed by atoms with Crippen molar-refractivity contribution >= 4 is 91.9 Å². The molecule has 25 heteroatoms. The van der Waals surface area contributed by atoms with E-state index in [1.165, 1.54) is 24.4 Å². The van der Waals surface area contributed by atoms with E-state index in [0.29, 0.717) is 29.2 Å². The molecule has 0 radical (unpaired) electrons. The van der Waals surface area contributed by atoms with Gasteiger partial charge in [-0.2, -0.15) is 19.0 Å². The summed E-state index contributed by atoms with van der Waals surface area (Å²) >= 11 is 13.8. The smallest absolute Gasteiger partial charge is 0.744 e. The Morgan fingerprint density at radius 3 is 2.12 bits per heavy atom. The summed E-state index contributed by atoms with van der Waals surface area (Å²) in [5.41, 5.74) is 1.33.